The zero-order valence-corrected chi connectivity index (χ0v) is 10.7. The Labute approximate surface area is 103 Å². The van der Waals surface area contributed by atoms with Crippen molar-refractivity contribution in [2.75, 3.05) is 27.4 Å². The lowest BCUT2D eigenvalue weighted by Gasteiger charge is -2.12. The molecule has 0 spiro atoms. The zero-order valence-electron chi connectivity index (χ0n) is 9.78. The standard InChI is InChI=1S/C8H12N3O6P/c1-15-18(14,16-2)17-5-7(12)10-8(13)11-4-6(11)3-9/h6H,4-5H2,1-2H3,(H,10,12,13). The number of urea groups is 1. The van der Waals surface area contributed by atoms with Gasteiger partial charge in [-0.2, -0.15) is 5.26 Å². The minimum Gasteiger partial charge on any atom is -0.303 e. The largest absolute Gasteiger partial charge is 0.474 e. The van der Waals surface area contributed by atoms with E-state index in [1.807, 2.05) is 11.4 Å². The van der Waals surface area contributed by atoms with E-state index >= 15 is 0 Å². The van der Waals surface area contributed by atoms with Gasteiger partial charge in [0.2, 0.25) is 0 Å². The summed E-state index contributed by atoms with van der Waals surface area (Å²) in [7, 11) is -1.55. The summed E-state index contributed by atoms with van der Waals surface area (Å²) in [5.74, 6) is -0.807. The summed E-state index contributed by atoms with van der Waals surface area (Å²) in [6.45, 7) is -0.374. The van der Waals surface area contributed by atoms with Gasteiger partial charge in [-0.3, -0.25) is 23.7 Å². The van der Waals surface area contributed by atoms with Gasteiger partial charge in [-0.1, -0.05) is 0 Å². The van der Waals surface area contributed by atoms with Gasteiger partial charge in [0.15, 0.2) is 0 Å². The number of carbonyl (C=O) groups is 2. The lowest BCUT2D eigenvalue weighted by atomic mass is 10.5. The molecular formula is C8H12N3O6P. The third-order valence-corrected chi connectivity index (χ3v) is 3.41. The van der Waals surface area contributed by atoms with E-state index in [0.717, 1.165) is 19.1 Å². The molecule has 1 aliphatic heterocycles. The number of carbonyl (C=O) groups excluding carboxylic acids is 2. The number of hydrogen-bond acceptors (Lipinski definition) is 7. The predicted molar refractivity (Wildman–Crippen MR) is 57.2 cm³/mol. The molecule has 0 saturated carbocycles. The molecule has 0 aromatic heterocycles. The van der Waals surface area contributed by atoms with Crippen molar-refractivity contribution in [2.45, 2.75) is 6.04 Å². The highest BCUT2D eigenvalue weighted by Crippen LogP contribution is 2.47. The Morgan fingerprint density at radius 1 is 1.50 bits per heavy atom. The third kappa shape index (κ3) is 3.78. The molecule has 0 aliphatic carbocycles. The van der Waals surface area contributed by atoms with Crippen molar-refractivity contribution < 1.29 is 27.7 Å². The van der Waals surface area contributed by atoms with Crippen LogP contribution in [-0.4, -0.2) is 50.3 Å². The fourth-order valence-electron chi connectivity index (χ4n) is 1.02. The second-order valence-electron chi connectivity index (χ2n) is 3.24. The number of nitrogens with zero attached hydrogens (tertiary/aromatic N) is 2. The number of phosphoric acid groups is 1. The van der Waals surface area contributed by atoms with Crippen LogP contribution in [0.3, 0.4) is 0 Å². The molecule has 0 aromatic carbocycles. The second kappa shape index (κ2) is 5.93. The molecule has 1 atom stereocenters. The molecular weight excluding hydrogens is 265 g/mol. The highest BCUT2D eigenvalue weighted by atomic mass is 31.2. The van der Waals surface area contributed by atoms with Crippen LogP contribution in [0.1, 0.15) is 0 Å². The molecule has 9 nitrogen and oxygen atoms in total. The third-order valence-electron chi connectivity index (χ3n) is 2.07. The van der Waals surface area contributed by atoms with Crippen LogP contribution in [0, 0.1) is 11.3 Å². The van der Waals surface area contributed by atoms with Crippen LogP contribution in [0.15, 0.2) is 0 Å². The first-order valence-corrected chi connectivity index (χ1v) is 6.28. The SMILES string of the molecule is COP(=O)(OC)OCC(=O)NC(=O)N1CC1C#N. The summed E-state index contributed by atoms with van der Waals surface area (Å²) >= 11 is 0. The average Bonchev–Trinajstić information content (AvgIpc) is 3.15. The van der Waals surface area contributed by atoms with Gasteiger partial charge >= 0.3 is 13.9 Å². The normalized spacial score (nSPS) is 18.1. The van der Waals surface area contributed by atoms with Crippen LogP contribution in [0.5, 0.6) is 0 Å². The van der Waals surface area contributed by atoms with E-state index in [0.29, 0.717) is 0 Å². The Morgan fingerprint density at radius 2 is 2.11 bits per heavy atom. The molecule has 0 radical (unpaired) electrons. The molecule has 100 valence electrons. The van der Waals surface area contributed by atoms with E-state index in [4.69, 9.17) is 5.26 Å². The van der Waals surface area contributed by atoms with Crippen LogP contribution in [-0.2, 0) is 22.9 Å². The lowest BCUT2D eigenvalue weighted by Crippen LogP contribution is -2.37. The Kier molecular flexibility index (Phi) is 4.81. The molecule has 1 rings (SSSR count). The molecule has 1 fully saturated rings. The molecule has 1 aliphatic rings. The average molecular weight is 277 g/mol. The number of phosphoric ester groups is 1. The minimum atomic E-state index is -3.74. The first-order valence-electron chi connectivity index (χ1n) is 4.82. The van der Waals surface area contributed by atoms with Crippen molar-refractivity contribution in [2.24, 2.45) is 0 Å². The van der Waals surface area contributed by atoms with E-state index in [1.165, 1.54) is 0 Å². The fourth-order valence-corrected chi connectivity index (χ4v) is 1.65. The highest BCUT2D eigenvalue weighted by molar-refractivity contribution is 7.48. The van der Waals surface area contributed by atoms with Gasteiger partial charge in [-0.05, 0) is 0 Å². The van der Waals surface area contributed by atoms with Crippen LogP contribution in [0.2, 0.25) is 0 Å². The van der Waals surface area contributed by atoms with Crippen molar-refractivity contribution in [1.82, 2.24) is 10.2 Å². The molecule has 10 heteroatoms. The van der Waals surface area contributed by atoms with E-state index in [9.17, 15) is 14.2 Å². The fraction of sp³-hybridized carbons (Fsp3) is 0.625. The number of hydrogen-bond donors (Lipinski definition) is 1. The summed E-state index contributed by atoms with van der Waals surface area (Å²) in [5, 5.41) is 10.4. The minimum absolute atomic E-state index is 0.283. The maximum Gasteiger partial charge on any atom is 0.474 e. The van der Waals surface area contributed by atoms with E-state index in [1.54, 1.807) is 0 Å². The van der Waals surface area contributed by atoms with Crippen LogP contribution < -0.4 is 5.32 Å². The Hall–Kier alpha value is -1.46. The molecule has 0 aromatic rings. The topological polar surface area (TPSA) is 118 Å². The van der Waals surface area contributed by atoms with E-state index in [2.05, 4.69) is 13.6 Å². The molecule has 18 heavy (non-hydrogen) atoms. The summed E-state index contributed by atoms with van der Waals surface area (Å²) in [6, 6.07) is 0.664. The van der Waals surface area contributed by atoms with Gasteiger partial charge in [-0.25, -0.2) is 9.36 Å². The van der Waals surface area contributed by atoms with Crippen molar-refractivity contribution in [3.05, 3.63) is 0 Å². The van der Waals surface area contributed by atoms with Gasteiger partial charge in [0.05, 0.1) is 12.6 Å². The Morgan fingerprint density at radius 3 is 2.56 bits per heavy atom. The molecule has 3 amide bonds. The van der Waals surface area contributed by atoms with Crippen molar-refractivity contribution in [3.63, 3.8) is 0 Å². The summed E-state index contributed by atoms with van der Waals surface area (Å²) in [4.78, 5) is 23.7. The van der Waals surface area contributed by atoms with Gasteiger partial charge in [0.1, 0.15) is 12.6 Å². The molecule has 1 heterocycles. The molecule has 1 saturated heterocycles. The summed E-state index contributed by atoms with van der Waals surface area (Å²) in [6.07, 6.45) is 0. The van der Waals surface area contributed by atoms with Crippen molar-refractivity contribution in [1.29, 1.82) is 5.26 Å². The maximum atomic E-state index is 11.4. The van der Waals surface area contributed by atoms with E-state index < -0.39 is 32.4 Å². The van der Waals surface area contributed by atoms with E-state index in [-0.39, 0.29) is 6.54 Å². The quantitative estimate of drug-likeness (QED) is 0.548. The van der Waals surface area contributed by atoms with Gasteiger partial charge in [0.25, 0.3) is 5.91 Å². The monoisotopic (exact) mass is 277 g/mol. The highest BCUT2D eigenvalue weighted by Gasteiger charge is 2.39. The van der Waals surface area contributed by atoms with Crippen molar-refractivity contribution >= 4 is 19.8 Å². The number of rotatable bonds is 5. The molecule has 0 bridgehead atoms. The van der Waals surface area contributed by atoms with Crippen LogP contribution >= 0.6 is 7.82 Å². The number of nitriles is 1. The first-order chi connectivity index (χ1) is 8.45. The van der Waals surface area contributed by atoms with Crippen molar-refractivity contribution in [3.8, 4) is 6.07 Å². The van der Waals surface area contributed by atoms with Gasteiger partial charge < -0.3 is 4.90 Å². The number of amides is 3. The summed E-state index contributed by atoms with van der Waals surface area (Å²) < 4.78 is 24.9. The van der Waals surface area contributed by atoms with Gasteiger partial charge in [0, 0.05) is 14.2 Å². The second-order valence-corrected chi connectivity index (χ2v) is 5.12. The molecule has 1 unspecified atom stereocenters. The van der Waals surface area contributed by atoms with Gasteiger partial charge in [-0.15, -0.1) is 0 Å². The summed E-state index contributed by atoms with van der Waals surface area (Å²) in [5.41, 5.74) is 0. The van der Waals surface area contributed by atoms with Crippen LogP contribution in [0.4, 0.5) is 4.79 Å². The smallest absolute Gasteiger partial charge is 0.303 e. The predicted octanol–water partition coefficient (Wildman–Crippen LogP) is -0.152. The number of nitrogens with one attached hydrogen (secondary N) is 1. The lowest BCUT2D eigenvalue weighted by molar-refractivity contribution is -0.122. The first kappa shape index (κ1) is 14.6. The number of imide groups is 1. The Bertz CT molecular complexity index is 425. The molecule has 1 N–H and O–H groups in total. The van der Waals surface area contributed by atoms with Crippen LogP contribution in [0.25, 0.3) is 0 Å². The Balaban J connectivity index is 2.33. The maximum absolute atomic E-state index is 11.4. The zero-order chi connectivity index (χ0) is 13.8.